The molecule has 1 aliphatic rings. The summed E-state index contributed by atoms with van der Waals surface area (Å²) >= 11 is 7.83. The summed E-state index contributed by atoms with van der Waals surface area (Å²) in [6, 6.07) is 7.76. The molecule has 0 amide bonds. The first-order valence-electron chi connectivity index (χ1n) is 7.32. The lowest BCUT2D eigenvalue weighted by molar-refractivity contribution is 0.144. The molecule has 1 aromatic heterocycles. The summed E-state index contributed by atoms with van der Waals surface area (Å²) in [6.45, 7) is 5.79. The van der Waals surface area contributed by atoms with Gasteiger partial charge in [0.2, 0.25) is 5.13 Å². The summed E-state index contributed by atoms with van der Waals surface area (Å²) in [4.78, 5) is 4.71. The normalized spacial score (nSPS) is 16.2. The summed E-state index contributed by atoms with van der Waals surface area (Å²) in [5, 5.41) is 11.2. The third-order valence-electron chi connectivity index (χ3n) is 3.77. The predicted molar refractivity (Wildman–Crippen MR) is 90.9 cm³/mol. The van der Waals surface area contributed by atoms with Gasteiger partial charge in [-0.05, 0) is 6.07 Å². The molecule has 0 bridgehead atoms. The molecule has 7 heteroatoms. The first-order valence-corrected chi connectivity index (χ1v) is 8.52. The number of halogens is 1. The van der Waals surface area contributed by atoms with Gasteiger partial charge in [-0.15, -0.1) is 10.2 Å². The van der Waals surface area contributed by atoms with Crippen LogP contribution in [-0.4, -0.2) is 61.5 Å². The van der Waals surface area contributed by atoms with Crippen LogP contribution < -0.4 is 4.90 Å². The summed E-state index contributed by atoms with van der Waals surface area (Å²) in [5.41, 5.74) is 0.951. The Hall–Kier alpha value is -1.21. The molecule has 22 heavy (non-hydrogen) atoms. The number of ether oxygens (including phenoxy) is 1. The molecular formula is C15H19ClN4OS. The Kier molecular flexibility index (Phi) is 5.25. The van der Waals surface area contributed by atoms with E-state index < -0.39 is 0 Å². The molecule has 118 valence electrons. The maximum Gasteiger partial charge on any atom is 0.208 e. The van der Waals surface area contributed by atoms with Gasteiger partial charge in [-0.25, -0.2) is 0 Å². The van der Waals surface area contributed by atoms with Crippen LogP contribution in [0.2, 0.25) is 5.02 Å². The summed E-state index contributed by atoms with van der Waals surface area (Å²) in [7, 11) is 1.74. The molecule has 0 saturated carbocycles. The Balaban J connectivity index is 1.64. The maximum atomic E-state index is 6.23. The Bertz CT molecular complexity index is 613. The third kappa shape index (κ3) is 3.57. The first kappa shape index (κ1) is 15.7. The fourth-order valence-corrected chi connectivity index (χ4v) is 3.69. The van der Waals surface area contributed by atoms with Gasteiger partial charge >= 0.3 is 0 Å². The van der Waals surface area contributed by atoms with E-state index in [1.54, 1.807) is 18.4 Å². The van der Waals surface area contributed by atoms with Crippen LogP contribution in [-0.2, 0) is 4.74 Å². The molecule has 0 spiro atoms. The topological polar surface area (TPSA) is 41.5 Å². The van der Waals surface area contributed by atoms with Crippen molar-refractivity contribution in [3.8, 4) is 10.6 Å². The van der Waals surface area contributed by atoms with Crippen molar-refractivity contribution in [1.82, 2.24) is 15.1 Å². The minimum Gasteiger partial charge on any atom is -0.383 e. The molecule has 2 aromatic rings. The van der Waals surface area contributed by atoms with E-state index in [4.69, 9.17) is 16.3 Å². The monoisotopic (exact) mass is 338 g/mol. The fraction of sp³-hybridized carbons (Fsp3) is 0.467. The number of piperazine rings is 1. The number of hydrogen-bond acceptors (Lipinski definition) is 6. The van der Waals surface area contributed by atoms with Gasteiger partial charge in [0.05, 0.1) is 11.6 Å². The largest absolute Gasteiger partial charge is 0.383 e. The first-order chi connectivity index (χ1) is 10.8. The van der Waals surface area contributed by atoms with E-state index in [0.717, 1.165) is 60.1 Å². The van der Waals surface area contributed by atoms with Crippen LogP contribution in [0.25, 0.3) is 10.6 Å². The molecule has 0 atom stereocenters. The average molecular weight is 339 g/mol. The fourth-order valence-electron chi connectivity index (χ4n) is 2.47. The summed E-state index contributed by atoms with van der Waals surface area (Å²) in [5.74, 6) is 0. The van der Waals surface area contributed by atoms with Gasteiger partial charge in [0.1, 0.15) is 0 Å². The lowest BCUT2D eigenvalue weighted by atomic mass is 10.2. The van der Waals surface area contributed by atoms with Crippen LogP contribution in [0, 0.1) is 0 Å². The van der Waals surface area contributed by atoms with Crippen LogP contribution in [0.4, 0.5) is 5.13 Å². The van der Waals surface area contributed by atoms with Gasteiger partial charge in [0.15, 0.2) is 5.01 Å². The van der Waals surface area contributed by atoms with Crippen LogP contribution in [0.5, 0.6) is 0 Å². The van der Waals surface area contributed by atoms with Gasteiger partial charge in [0.25, 0.3) is 0 Å². The minimum atomic E-state index is 0.717. The van der Waals surface area contributed by atoms with Gasteiger partial charge in [-0.1, -0.05) is 41.1 Å². The molecule has 2 heterocycles. The number of hydrogen-bond donors (Lipinski definition) is 0. The van der Waals surface area contributed by atoms with Crippen molar-refractivity contribution in [3.05, 3.63) is 29.3 Å². The molecule has 5 nitrogen and oxygen atoms in total. The third-order valence-corrected chi connectivity index (χ3v) is 5.12. The maximum absolute atomic E-state index is 6.23. The van der Waals surface area contributed by atoms with Gasteiger partial charge < -0.3 is 9.64 Å². The van der Waals surface area contributed by atoms with E-state index in [2.05, 4.69) is 20.0 Å². The van der Waals surface area contributed by atoms with Crippen molar-refractivity contribution in [2.75, 3.05) is 51.3 Å². The molecular weight excluding hydrogens is 320 g/mol. The Morgan fingerprint density at radius 3 is 2.68 bits per heavy atom. The zero-order valence-corrected chi connectivity index (χ0v) is 14.1. The van der Waals surface area contributed by atoms with E-state index in [1.807, 2.05) is 24.3 Å². The molecule has 0 unspecified atom stereocenters. The standard InChI is InChI=1S/C15H19ClN4OS/c1-21-11-10-19-6-8-20(9-7-19)15-18-17-14(22-15)12-4-2-3-5-13(12)16/h2-5H,6-11H2,1H3. The van der Waals surface area contributed by atoms with Crippen LogP contribution in [0.1, 0.15) is 0 Å². The predicted octanol–water partition coefficient (Wildman–Crippen LogP) is 2.63. The highest BCUT2D eigenvalue weighted by molar-refractivity contribution is 7.18. The molecule has 1 aromatic carbocycles. The number of rotatable bonds is 5. The highest BCUT2D eigenvalue weighted by Gasteiger charge is 2.20. The second-order valence-corrected chi connectivity index (χ2v) is 6.55. The molecule has 1 saturated heterocycles. The number of nitrogens with zero attached hydrogens (tertiary/aromatic N) is 4. The molecule has 3 rings (SSSR count). The smallest absolute Gasteiger partial charge is 0.208 e. The Morgan fingerprint density at radius 1 is 1.18 bits per heavy atom. The van der Waals surface area contributed by atoms with E-state index in [9.17, 15) is 0 Å². The second kappa shape index (κ2) is 7.37. The van der Waals surface area contributed by atoms with Crippen molar-refractivity contribution < 1.29 is 4.74 Å². The van der Waals surface area contributed by atoms with Crippen molar-refractivity contribution in [2.45, 2.75) is 0 Å². The van der Waals surface area contributed by atoms with Gasteiger partial charge in [-0.3, -0.25) is 4.90 Å². The zero-order valence-electron chi connectivity index (χ0n) is 12.5. The van der Waals surface area contributed by atoms with Crippen molar-refractivity contribution >= 4 is 28.1 Å². The van der Waals surface area contributed by atoms with Crippen LogP contribution >= 0.6 is 22.9 Å². The minimum absolute atomic E-state index is 0.717. The number of aromatic nitrogens is 2. The van der Waals surface area contributed by atoms with Crippen molar-refractivity contribution in [3.63, 3.8) is 0 Å². The lowest BCUT2D eigenvalue weighted by Gasteiger charge is -2.34. The van der Waals surface area contributed by atoms with Crippen molar-refractivity contribution in [1.29, 1.82) is 0 Å². The number of methoxy groups -OCH3 is 1. The van der Waals surface area contributed by atoms with E-state index >= 15 is 0 Å². The average Bonchev–Trinajstić information content (AvgIpc) is 3.03. The van der Waals surface area contributed by atoms with Crippen LogP contribution in [0.3, 0.4) is 0 Å². The summed E-state index contributed by atoms with van der Waals surface area (Å²) < 4.78 is 5.13. The molecule has 1 aliphatic heterocycles. The van der Waals surface area contributed by atoms with E-state index in [0.29, 0.717) is 0 Å². The molecule has 0 radical (unpaired) electrons. The van der Waals surface area contributed by atoms with Gasteiger partial charge in [-0.2, -0.15) is 0 Å². The quantitative estimate of drug-likeness (QED) is 0.838. The Morgan fingerprint density at radius 2 is 1.95 bits per heavy atom. The molecule has 1 fully saturated rings. The van der Waals surface area contributed by atoms with Crippen LogP contribution in [0.15, 0.2) is 24.3 Å². The lowest BCUT2D eigenvalue weighted by Crippen LogP contribution is -2.47. The van der Waals surface area contributed by atoms with E-state index in [1.165, 1.54) is 0 Å². The number of anilines is 1. The Labute approximate surface area is 139 Å². The highest BCUT2D eigenvalue weighted by atomic mass is 35.5. The van der Waals surface area contributed by atoms with E-state index in [-0.39, 0.29) is 0 Å². The molecule has 0 aliphatic carbocycles. The SMILES string of the molecule is COCCN1CCN(c2nnc(-c3ccccc3Cl)s2)CC1. The highest BCUT2D eigenvalue weighted by Crippen LogP contribution is 2.33. The van der Waals surface area contributed by atoms with Gasteiger partial charge in [0, 0.05) is 45.4 Å². The van der Waals surface area contributed by atoms with Crippen molar-refractivity contribution in [2.24, 2.45) is 0 Å². The second-order valence-electron chi connectivity index (χ2n) is 5.19. The number of benzene rings is 1. The zero-order chi connectivity index (χ0) is 15.4. The summed E-state index contributed by atoms with van der Waals surface area (Å²) in [6.07, 6.45) is 0. The molecule has 0 N–H and O–H groups in total.